The van der Waals surface area contributed by atoms with Crippen LogP contribution in [0.2, 0.25) is 5.15 Å². The van der Waals surface area contributed by atoms with E-state index in [0.29, 0.717) is 28.9 Å². The first-order valence-corrected chi connectivity index (χ1v) is 10.5. The minimum absolute atomic E-state index is 0.254. The average Bonchev–Trinajstić information content (AvgIpc) is 2.97. The van der Waals surface area contributed by atoms with Crippen molar-refractivity contribution in [2.45, 2.75) is 18.4 Å². The van der Waals surface area contributed by atoms with E-state index in [1.54, 1.807) is 29.5 Å². The molecule has 3 aromatic rings. The molecule has 0 bridgehead atoms. The summed E-state index contributed by atoms with van der Waals surface area (Å²) in [5, 5.41) is 3.56. The lowest BCUT2D eigenvalue weighted by molar-refractivity contribution is 0.602. The first-order valence-electron chi connectivity index (χ1n) is 7.45. The summed E-state index contributed by atoms with van der Waals surface area (Å²) in [5.41, 5.74) is 0.699. The molecule has 0 amide bonds. The molecule has 0 aliphatic heterocycles. The van der Waals surface area contributed by atoms with Gasteiger partial charge in [-0.3, -0.25) is 0 Å². The molecule has 0 atom stereocenters. The Labute approximate surface area is 155 Å². The third kappa shape index (κ3) is 4.56. The van der Waals surface area contributed by atoms with Crippen LogP contribution in [0.15, 0.2) is 47.4 Å². The van der Waals surface area contributed by atoms with Crippen LogP contribution in [0.3, 0.4) is 0 Å². The molecule has 0 aliphatic carbocycles. The smallest absolute Gasteiger partial charge is 0.175 e. The molecule has 0 spiro atoms. The molecule has 0 aliphatic rings. The van der Waals surface area contributed by atoms with Gasteiger partial charge in [-0.2, -0.15) is 0 Å². The summed E-state index contributed by atoms with van der Waals surface area (Å²) in [7, 11) is -3.23. The van der Waals surface area contributed by atoms with Gasteiger partial charge in [0.25, 0.3) is 0 Å². The number of anilines is 1. The van der Waals surface area contributed by atoms with Gasteiger partial charge < -0.3 is 5.32 Å². The maximum Gasteiger partial charge on any atom is 0.175 e. The molecule has 5 nitrogen and oxygen atoms in total. The lowest BCUT2D eigenvalue weighted by Gasteiger charge is -2.08. The molecule has 0 saturated carbocycles. The van der Waals surface area contributed by atoms with Crippen LogP contribution in [0.5, 0.6) is 0 Å². The van der Waals surface area contributed by atoms with Gasteiger partial charge in [-0.05, 0) is 43.3 Å². The number of nitrogens with zero attached hydrogens (tertiary/aromatic N) is 2. The third-order valence-electron chi connectivity index (χ3n) is 3.48. The maximum absolute atomic E-state index is 11.5. The molecule has 25 heavy (non-hydrogen) atoms. The molecule has 0 fully saturated rings. The first kappa shape index (κ1) is 17.8. The van der Waals surface area contributed by atoms with Gasteiger partial charge in [0.15, 0.2) is 15.7 Å². The highest BCUT2D eigenvalue weighted by Crippen LogP contribution is 2.23. The second-order valence-electron chi connectivity index (χ2n) is 5.56. The lowest BCUT2D eigenvalue weighted by Crippen LogP contribution is -2.02. The van der Waals surface area contributed by atoms with Crippen molar-refractivity contribution in [3.05, 3.63) is 57.4 Å². The van der Waals surface area contributed by atoms with Crippen LogP contribution < -0.4 is 5.32 Å². The van der Waals surface area contributed by atoms with E-state index < -0.39 is 9.84 Å². The van der Waals surface area contributed by atoms with Crippen LogP contribution in [0, 0.1) is 6.92 Å². The highest BCUT2D eigenvalue weighted by molar-refractivity contribution is 7.90. The summed E-state index contributed by atoms with van der Waals surface area (Å²) in [5.74, 6) is 1.06. The summed E-state index contributed by atoms with van der Waals surface area (Å²) >= 11 is 7.83. The summed E-state index contributed by atoms with van der Waals surface area (Å²) in [6, 6.07) is 12.2. The molecular weight excluding hydrogens is 378 g/mol. The van der Waals surface area contributed by atoms with Gasteiger partial charge in [0.05, 0.1) is 11.4 Å². The van der Waals surface area contributed by atoms with Crippen LogP contribution in [-0.4, -0.2) is 24.6 Å². The Morgan fingerprint density at radius 3 is 2.44 bits per heavy atom. The van der Waals surface area contributed by atoms with Crippen molar-refractivity contribution >= 4 is 38.6 Å². The molecule has 3 rings (SSSR count). The van der Waals surface area contributed by atoms with Crippen molar-refractivity contribution < 1.29 is 8.42 Å². The number of aryl methyl sites for hydroxylation is 1. The predicted molar refractivity (Wildman–Crippen MR) is 102 cm³/mol. The zero-order chi connectivity index (χ0) is 18.0. The molecule has 1 aromatic carbocycles. The number of halogens is 1. The Morgan fingerprint density at radius 2 is 1.84 bits per heavy atom. The minimum Gasteiger partial charge on any atom is -0.365 e. The monoisotopic (exact) mass is 393 g/mol. The minimum atomic E-state index is -3.23. The first-order chi connectivity index (χ1) is 11.8. The molecule has 2 heterocycles. The van der Waals surface area contributed by atoms with E-state index in [2.05, 4.69) is 34.3 Å². The van der Waals surface area contributed by atoms with Crippen LogP contribution in [0.25, 0.3) is 11.4 Å². The number of sulfone groups is 1. The fraction of sp³-hybridized carbons (Fsp3) is 0.176. The summed E-state index contributed by atoms with van der Waals surface area (Å²) < 4.78 is 23.1. The number of hydrogen-bond donors (Lipinski definition) is 1. The highest BCUT2D eigenvalue weighted by Gasteiger charge is 2.10. The number of hydrogen-bond acceptors (Lipinski definition) is 6. The van der Waals surface area contributed by atoms with Crippen molar-refractivity contribution in [2.75, 3.05) is 11.6 Å². The number of thiophene rings is 1. The van der Waals surface area contributed by atoms with Gasteiger partial charge in [-0.1, -0.05) is 11.6 Å². The van der Waals surface area contributed by atoms with E-state index >= 15 is 0 Å². The van der Waals surface area contributed by atoms with Gasteiger partial charge in [0, 0.05) is 27.6 Å². The summed E-state index contributed by atoms with van der Waals surface area (Å²) in [4.78, 5) is 11.4. The van der Waals surface area contributed by atoms with Gasteiger partial charge in [-0.15, -0.1) is 11.3 Å². The van der Waals surface area contributed by atoms with Crippen molar-refractivity contribution in [1.82, 2.24) is 9.97 Å². The van der Waals surface area contributed by atoms with E-state index in [1.165, 1.54) is 28.1 Å². The Kier molecular flexibility index (Phi) is 5.08. The zero-order valence-electron chi connectivity index (χ0n) is 13.7. The van der Waals surface area contributed by atoms with Gasteiger partial charge in [0.1, 0.15) is 11.0 Å². The van der Waals surface area contributed by atoms with E-state index in [4.69, 9.17) is 11.6 Å². The van der Waals surface area contributed by atoms with Gasteiger partial charge in [-0.25, -0.2) is 18.4 Å². The highest BCUT2D eigenvalue weighted by atomic mass is 35.5. The van der Waals surface area contributed by atoms with E-state index in [1.807, 2.05) is 0 Å². The largest absolute Gasteiger partial charge is 0.365 e. The molecule has 0 saturated heterocycles. The van der Waals surface area contributed by atoms with Crippen molar-refractivity contribution in [3.8, 4) is 11.4 Å². The predicted octanol–water partition coefficient (Wildman–Crippen LogP) is 4.18. The van der Waals surface area contributed by atoms with Crippen molar-refractivity contribution in [1.29, 1.82) is 0 Å². The molecule has 1 N–H and O–H groups in total. The van der Waals surface area contributed by atoms with E-state index in [0.717, 1.165) is 0 Å². The molecule has 8 heteroatoms. The number of rotatable bonds is 5. The van der Waals surface area contributed by atoms with Gasteiger partial charge >= 0.3 is 0 Å². The number of nitrogens with one attached hydrogen (secondary N) is 1. The van der Waals surface area contributed by atoms with E-state index in [-0.39, 0.29) is 4.90 Å². The second kappa shape index (κ2) is 7.11. The molecule has 0 radical (unpaired) electrons. The Morgan fingerprint density at radius 1 is 1.12 bits per heavy atom. The standard InChI is InChI=1S/C17H16ClN3O2S2/c1-11-3-6-13(24-11)10-19-16-9-15(18)20-17(21-16)12-4-7-14(8-5-12)25(2,22)23/h3-9H,10H2,1-2H3,(H,19,20,21). The van der Waals surface area contributed by atoms with Crippen LogP contribution in [0.4, 0.5) is 5.82 Å². The van der Waals surface area contributed by atoms with Crippen molar-refractivity contribution in [2.24, 2.45) is 0 Å². The fourth-order valence-electron chi connectivity index (χ4n) is 2.25. The Hall–Kier alpha value is -1.96. The maximum atomic E-state index is 11.5. The quantitative estimate of drug-likeness (QED) is 0.658. The molecule has 130 valence electrons. The second-order valence-corrected chi connectivity index (χ2v) is 9.34. The number of aromatic nitrogens is 2. The van der Waals surface area contributed by atoms with Crippen LogP contribution >= 0.6 is 22.9 Å². The molecule has 2 aromatic heterocycles. The summed E-state index contributed by atoms with van der Waals surface area (Å²) in [6.45, 7) is 2.71. The van der Waals surface area contributed by atoms with Crippen molar-refractivity contribution in [3.63, 3.8) is 0 Å². The third-order valence-corrected chi connectivity index (χ3v) is 5.80. The van der Waals surface area contributed by atoms with Crippen LogP contribution in [0.1, 0.15) is 9.75 Å². The van der Waals surface area contributed by atoms with Gasteiger partial charge in [0.2, 0.25) is 0 Å². The fourth-order valence-corrected chi connectivity index (χ4v) is 3.89. The summed E-state index contributed by atoms with van der Waals surface area (Å²) in [6.07, 6.45) is 1.17. The zero-order valence-corrected chi connectivity index (χ0v) is 16.0. The van der Waals surface area contributed by atoms with E-state index in [9.17, 15) is 8.42 Å². The Bertz CT molecular complexity index is 999. The molecule has 0 unspecified atom stereocenters. The topological polar surface area (TPSA) is 72.0 Å². The molecular formula is C17H16ClN3O2S2. The number of benzene rings is 1. The normalized spacial score (nSPS) is 11.5. The average molecular weight is 394 g/mol. The van der Waals surface area contributed by atoms with Crippen LogP contribution in [-0.2, 0) is 16.4 Å². The lowest BCUT2D eigenvalue weighted by atomic mass is 10.2. The Balaban J connectivity index is 1.83. The SMILES string of the molecule is Cc1ccc(CNc2cc(Cl)nc(-c3ccc(S(C)(=O)=O)cc3)n2)s1.